The summed E-state index contributed by atoms with van der Waals surface area (Å²) in [5, 5.41) is 12.3. The van der Waals surface area contributed by atoms with Gasteiger partial charge in [-0.2, -0.15) is 5.26 Å². The molecule has 3 nitrogen and oxygen atoms in total. The van der Waals surface area contributed by atoms with Crippen LogP contribution in [-0.4, -0.2) is 11.4 Å². The van der Waals surface area contributed by atoms with Crippen molar-refractivity contribution in [3.05, 3.63) is 0 Å². The van der Waals surface area contributed by atoms with E-state index >= 15 is 0 Å². The molecule has 3 heteroatoms. The Hall–Kier alpha value is -1.04. The first-order valence-corrected chi connectivity index (χ1v) is 6.80. The summed E-state index contributed by atoms with van der Waals surface area (Å²) in [6, 6.07) is 2.34. The molecule has 0 radical (unpaired) electrons. The molecule has 0 spiro atoms. The van der Waals surface area contributed by atoms with E-state index in [1.807, 2.05) is 13.8 Å². The molecular formula is C14H24N2O. The highest BCUT2D eigenvalue weighted by atomic mass is 16.2. The molecule has 0 aliphatic heterocycles. The van der Waals surface area contributed by atoms with Crippen molar-refractivity contribution in [2.24, 2.45) is 11.8 Å². The Balaban J connectivity index is 2.60. The molecule has 0 aromatic heterocycles. The third kappa shape index (κ3) is 3.46. The minimum absolute atomic E-state index is 0.00382. The molecule has 17 heavy (non-hydrogen) atoms. The summed E-state index contributed by atoms with van der Waals surface area (Å²) in [5.74, 6) is 0.769. The fraction of sp³-hybridized carbons (Fsp3) is 0.857. The van der Waals surface area contributed by atoms with E-state index in [-0.39, 0.29) is 11.8 Å². The van der Waals surface area contributed by atoms with Crippen molar-refractivity contribution >= 4 is 5.91 Å². The molecule has 1 atom stereocenters. The van der Waals surface area contributed by atoms with E-state index in [1.54, 1.807) is 0 Å². The van der Waals surface area contributed by atoms with E-state index in [1.165, 1.54) is 6.42 Å². The molecule has 1 fully saturated rings. The molecular weight excluding hydrogens is 212 g/mol. The molecule has 96 valence electrons. The summed E-state index contributed by atoms with van der Waals surface area (Å²) in [6.45, 7) is 6.11. The predicted molar refractivity (Wildman–Crippen MR) is 68.2 cm³/mol. The van der Waals surface area contributed by atoms with Crippen LogP contribution >= 0.6 is 0 Å². The number of nitrogens with zero attached hydrogens (tertiary/aromatic N) is 1. The van der Waals surface area contributed by atoms with E-state index in [9.17, 15) is 10.1 Å². The van der Waals surface area contributed by atoms with Crippen molar-refractivity contribution in [3.63, 3.8) is 0 Å². The Bertz CT molecular complexity index is 298. The van der Waals surface area contributed by atoms with Crippen LogP contribution in [0.5, 0.6) is 0 Å². The number of carbonyl (C=O) groups is 1. The molecule has 1 saturated carbocycles. The van der Waals surface area contributed by atoms with Crippen molar-refractivity contribution in [2.75, 3.05) is 0 Å². The topological polar surface area (TPSA) is 52.9 Å². The number of hydrogen-bond acceptors (Lipinski definition) is 2. The lowest BCUT2D eigenvalue weighted by molar-refractivity contribution is -0.126. The first-order valence-electron chi connectivity index (χ1n) is 6.80. The molecule has 1 amide bonds. The monoisotopic (exact) mass is 236 g/mol. The molecule has 1 N–H and O–H groups in total. The second-order valence-electron chi connectivity index (χ2n) is 5.34. The Kier molecular flexibility index (Phi) is 4.99. The molecule has 0 saturated heterocycles. The summed E-state index contributed by atoms with van der Waals surface area (Å²) in [5.41, 5.74) is -0.591. The lowest BCUT2D eigenvalue weighted by Crippen LogP contribution is -2.51. The van der Waals surface area contributed by atoms with Gasteiger partial charge in [0.25, 0.3) is 0 Å². The van der Waals surface area contributed by atoms with Gasteiger partial charge in [-0.15, -0.1) is 0 Å². The zero-order valence-corrected chi connectivity index (χ0v) is 11.3. The summed E-state index contributed by atoms with van der Waals surface area (Å²) in [6.07, 6.45) is 5.75. The van der Waals surface area contributed by atoms with Gasteiger partial charge in [-0.25, -0.2) is 0 Å². The molecule has 0 bridgehead atoms. The SMILES string of the molecule is CCC1CCC(C#N)(NC(=O)C(C)CC)CC1. The van der Waals surface area contributed by atoms with Gasteiger partial charge in [-0.1, -0.05) is 27.2 Å². The maximum atomic E-state index is 11.9. The molecule has 1 aliphatic carbocycles. The van der Waals surface area contributed by atoms with E-state index < -0.39 is 5.54 Å². The van der Waals surface area contributed by atoms with Crippen LogP contribution in [0, 0.1) is 23.2 Å². The smallest absolute Gasteiger partial charge is 0.224 e. The lowest BCUT2D eigenvalue weighted by Gasteiger charge is -2.35. The van der Waals surface area contributed by atoms with Crippen molar-refractivity contribution < 1.29 is 4.79 Å². The van der Waals surface area contributed by atoms with E-state index in [2.05, 4.69) is 18.3 Å². The van der Waals surface area contributed by atoms with Gasteiger partial charge in [0.05, 0.1) is 6.07 Å². The summed E-state index contributed by atoms with van der Waals surface area (Å²) in [4.78, 5) is 11.9. The Morgan fingerprint density at radius 3 is 2.47 bits per heavy atom. The van der Waals surface area contributed by atoms with Crippen molar-refractivity contribution in [1.29, 1.82) is 5.26 Å². The van der Waals surface area contributed by atoms with E-state index in [0.29, 0.717) is 0 Å². The standard InChI is InChI=1S/C14H24N2O/c1-4-11(3)13(17)16-14(10-15)8-6-12(5-2)7-9-14/h11-12H,4-9H2,1-3H3,(H,16,17). The number of nitrogens with one attached hydrogen (secondary N) is 1. The second-order valence-corrected chi connectivity index (χ2v) is 5.34. The molecule has 1 unspecified atom stereocenters. The highest BCUT2D eigenvalue weighted by molar-refractivity contribution is 5.79. The van der Waals surface area contributed by atoms with Gasteiger partial charge >= 0.3 is 0 Å². The predicted octanol–water partition coefficient (Wildman–Crippen LogP) is 3.01. The normalized spacial score (nSPS) is 30.4. The van der Waals surface area contributed by atoms with Gasteiger partial charge in [0.2, 0.25) is 5.91 Å². The van der Waals surface area contributed by atoms with Gasteiger partial charge in [0.1, 0.15) is 5.54 Å². The second kappa shape index (κ2) is 6.05. The minimum atomic E-state index is -0.591. The van der Waals surface area contributed by atoms with E-state index in [4.69, 9.17) is 0 Å². The van der Waals surface area contributed by atoms with Crippen LogP contribution < -0.4 is 5.32 Å². The zero-order chi connectivity index (χ0) is 12.9. The van der Waals surface area contributed by atoms with Gasteiger partial charge in [0, 0.05) is 5.92 Å². The summed E-state index contributed by atoms with van der Waals surface area (Å²) >= 11 is 0. The maximum Gasteiger partial charge on any atom is 0.224 e. The Labute approximate surface area is 105 Å². The van der Waals surface area contributed by atoms with Crippen LogP contribution in [0.25, 0.3) is 0 Å². The Morgan fingerprint density at radius 2 is 2.06 bits per heavy atom. The molecule has 1 aliphatic rings. The zero-order valence-electron chi connectivity index (χ0n) is 11.3. The average Bonchev–Trinajstić information content (AvgIpc) is 2.38. The lowest BCUT2D eigenvalue weighted by atomic mass is 9.76. The Morgan fingerprint density at radius 1 is 1.47 bits per heavy atom. The van der Waals surface area contributed by atoms with Crippen LogP contribution in [0.2, 0.25) is 0 Å². The highest BCUT2D eigenvalue weighted by Gasteiger charge is 2.36. The molecule has 0 aromatic carbocycles. The van der Waals surface area contributed by atoms with Gasteiger partial charge in [-0.05, 0) is 38.0 Å². The molecule has 0 heterocycles. The van der Waals surface area contributed by atoms with Gasteiger partial charge < -0.3 is 5.32 Å². The van der Waals surface area contributed by atoms with Gasteiger partial charge in [-0.3, -0.25) is 4.79 Å². The van der Waals surface area contributed by atoms with Crippen LogP contribution in [-0.2, 0) is 4.79 Å². The number of nitriles is 1. The van der Waals surface area contributed by atoms with Crippen molar-refractivity contribution in [1.82, 2.24) is 5.32 Å². The van der Waals surface area contributed by atoms with Crippen LogP contribution in [0.4, 0.5) is 0 Å². The minimum Gasteiger partial charge on any atom is -0.338 e. The molecule has 0 aromatic rings. The summed E-state index contributed by atoms with van der Waals surface area (Å²) < 4.78 is 0. The van der Waals surface area contributed by atoms with Crippen LogP contribution in [0.15, 0.2) is 0 Å². The van der Waals surface area contributed by atoms with Crippen LogP contribution in [0.3, 0.4) is 0 Å². The van der Waals surface area contributed by atoms with Crippen molar-refractivity contribution in [3.8, 4) is 6.07 Å². The number of rotatable bonds is 4. The average molecular weight is 236 g/mol. The first-order chi connectivity index (χ1) is 8.06. The fourth-order valence-corrected chi connectivity index (χ4v) is 2.39. The van der Waals surface area contributed by atoms with Crippen LogP contribution in [0.1, 0.15) is 59.3 Å². The number of hydrogen-bond donors (Lipinski definition) is 1. The maximum absolute atomic E-state index is 11.9. The highest BCUT2D eigenvalue weighted by Crippen LogP contribution is 2.33. The first kappa shape index (κ1) is 14.0. The number of carbonyl (C=O) groups excluding carboxylic acids is 1. The quantitative estimate of drug-likeness (QED) is 0.815. The van der Waals surface area contributed by atoms with Gasteiger partial charge in [0.15, 0.2) is 0 Å². The summed E-state index contributed by atoms with van der Waals surface area (Å²) in [7, 11) is 0. The third-order valence-corrected chi connectivity index (χ3v) is 4.17. The largest absolute Gasteiger partial charge is 0.338 e. The van der Waals surface area contributed by atoms with Crippen molar-refractivity contribution in [2.45, 2.75) is 64.8 Å². The number of amides is 1. The molecule has 1 rings (SSSR count). The fourth-order valence-electron chi connectivity index (χ4n) is 2.39. The third-order valence-electron chi connectivity index (χ3n) is 4.17. The van der Waals surface area contributed by atoms with E-state index in [0.717, 1.165) is 38.0 Å².